The molecular weight excluding hydrogens is 360 g/mol. The molecule has 1 aromatic carbocycles. The van der Waals surface area contributed by atoms with Gasteiger partial charge in [0.2, 0.25) is 0 Å². The molecule has 128 valence electrons. The summed E-state index contributed by atoms with van der Waals surface area (Å²) in [6, 6.07) is 4.02. The van der Waals surface area contributed by atoms with Gasteiger partial charge in [0.25, 0.3) is 0 Å². The summed E-state index contributed by atoms with van der Waals surface area (Å²) < 4.78 is 16.5. The summed E-state index contributed by atoms with van der Waals surface area (Å²) in [5, 5.41) is 0.401. The van der Waals surface area contributed by atoms with Crippen LogP contribution in [0, 0.1) is 12.7 Å². The third-order valence-corrected chi connectivity index (χ3v) is 4.63. The number of imidazole rings is 1. The standard InChI is InChI=1S/C16H19ClFN3.2ClH/c1-10-2-7-13(17)14(15(10)18)16-20-8-9-21(16)12-5-3-11(19)4-6-12;;/h2,7-9,11-12H,3-6,19H2,1H3;2*1H. The zero-order valence-electron chi connectivity index (χ0n) is 12.8. The molecule has 1 aliphatic carbocycles. The van der Waals surface area contributed by atoms with Gasteiger partial charge in [-0.2, -0.15) is 0 Å². The molecule has 2 N–H and O–H groups in total. The van der Waals surface area contributed by atoms with Crippen LogP contribution < -0.4 is 5.73 Å². The van der Waals surface area contributed by atoms with Crippen molar-refractivity contribution in [2.45, 2.75) is 44.7 Å². The largest absolute Gasteiger partial charge is 0.328 e. The van der Waals surface area contributed by atoms with E-state index in [9.17, 15) is 4.39 Å². The highest BCUT2D eigenvalue weighted by Crippen LogP contribution is 2.36. The van der Waals surface area contributed by atoms with Crippen molar-refractivity contribution in [1.29, 1.82) is 0 Å². The maximum absolute atomic E-state index is 14.5. The van der Waals surface area contributed by atoms with Gasteiger partial charge in [0, 0.05) is 24.5 Å². The van der Waals surface area contributed by atoms with Crippen molar-refractivity contribution in [3.63, 3.8) is 0 Å². The van der Waals surface area contributed by atoms with Gasteiger partial charge < -0.3 is 10.3 Å². The summed E-state index contributed by atoms with van der Waals surface area (Å²) >= 11 is 6.21. The predicted octanol–water partition coefficient (Wildman–Crippen LogP) is 4.94. The van der Waals surface area contributed by atoms with Crippen LogP contribution in [0.1, 0.15) is 37.3 Å². The van der Waals surface area contributed by atoms with Gasteiger partial charge in [-0.05, 0) is 44.2 Å². The number of halogens is 4. The van der Waals surface area contributed by atoms with E-state index in [4.69, 9.17) is 17.3 Å². The summed E-state index contributed by atoms with van der Waals surface area (Å²) in [6.07, 6.45) is 7.60. The van der Waals surface area contributed by atoms with Gasteiger partial charge in [0.15, 0.2) is 0 Å². The molecule has 23 heavy (non-hydrogen) atoms. The first-order valence-corrected chi connectivity index (χ1v) is 7.69. The topological polar surface area (TPSA) is 43.8 Å². The van der Waals surface area contributed by atoms with Gasteiger partial charge >= 0.3 is 0 Å². The van der Waals surface area contributed by atoms with Crippen molar-refractivity contribution in [3.8, 4) is 11.4 Å². The molecule has 0 bridgehead atoms. The average molecular weight is 381 g/mol. The fourth-order valence-corrected chi connectivity index (χ4v) is 3.27. The highest BCUT2D eigenvalue weighted by atomic mass is 35.5. The molecule has 1 heterocycles. The lowest BCUT2D eigenvalue weighted by Gasteiger charge is -2.28. The van der Waals surface area contributed by atoms with Gasteiger partial charge in [0.1, 0.15) is 11.6 Å². The highest BCUT2D eigenvalue weighted by Gasteiger charge is 2.24. The SMILES string of the molecule is Cc1ccc(Cl)c(-c2nccn2C2CCC(N)CC2)c1F.Cl.Cl. The van der Waals surface area contributed by atoms with E-state index in [1.807, 2.05) is 6.20 Å². The van der Waals surface area contributed by atoms with E-state index in [0.29, 0.717) is 28.0 Å². The first-order chi connectivity index (χ1) is 10.1. The zero-order chi connectivity index (χ0) is 15.0. The van der Waals surface area contributed by atoms with Gasteiger partial charge in [-0.1, -0.05) is 17.7 Å². The molecule has 0 spiro atoms. The Morgan fingerprint density at radius 2 is 1.87 bits per heavy atom. The lowest BCUT2D eigenvalue weighted by Crippen LogP contribution is -2.28. The van der Waals surface area contributed by atoms with E-state index >= 15 is 0 Å². The van der Waals surface area contributed by atoms with E-state index in [1.165, 1.54) is 0 Å². The van der Waals surface area contributed by atoms with E-state index in [0.717, 1.165) is 25.7 Å². The van der Waals surface area contributed by atoms with Crippen LogP contribution >= 0.6 is 36.4 Å². The normalized spacial score (nSPS) is 20.5. The zero-order valence-corrected chi connectivity index (χ0v) is 15.2. The maximum Gasteiger partial charge on any atom is 0.144 e. The van der Waals surface area contributed by atoms with E-state index < -0.39 is 0 Å². The van der Waals surface area contributed by atoms with Crippen LogP contribution in [-0.4, -0.2) is 15.6 Å². The Morgan fingerprint density at radius 1 is 1.22 bits per heavy atom. The fraction of sp³-hybridized carbons (Fsp3) is 0.438. The molecule has 0 radical (unpaired) electrons. The third-order valence-electron chi connectivity index (χ3n) is 4.31. The van der Waals surface area contributed by atoms with Gasteiger partial charge in [-0.3, -0.25) is 0 Å². The molecule has 3 nitrogen and oxygen atoms in total. The van der Waals surface area contributed by atoms with Crippen LogP contribution in [0.4, 0.5) is 4.39 Å². The number of aryl methyl sites for hydroxylation is 1. The number of nitrogens with zero attached hydrogens (tertiary/aromatic N) is 2. The second-order valence-electron chi connectivity index (χ2n) is 5.78. The first kappa shape index (κ1) is 20.2. The van der Waals surface area contributed by atoms with Crippen molar-refractivity contribution >= 4 is 36.4 Å². The molecule has 0 aliphatic heterocycles. The molecule has 1 fully saturated rings. The molecular formula is C16H21Cl3FN3. The number of hydrogen-bond donors (Lipinski definition) is 1. The van der Waals surface area contributed by atoms with Crippen molar-refractivity contribution in [1.82, 2.24) is 9.55 Å². The monoisotopic (exact) mass is 379 g/mol. The van der Waals surface area contributed by atoms with Crippen LogP contribution in [0.2, 0.25) is 5.02 Å². The molecule has 7 heteroatoms. The van der Waals surface area contributed by atoms with Crippen molar-refractivity contribution in [3.05, 3.63) is 40.9 Å². The van der Waals surface area contributed by atoms with E-state index in [1.54, 1.807) is 25.3 Å². The van der Waals surface area contributed by atoms with Gasteiger partial charge in [-0.25, -0.2) is 9.37 Å². The number of benzene rings is 1. The molecule has 1 saturated carbocycles. The minimum atomic E-state index is -0.289. The molecule has 2 aromatic rings. The van der Waals surface area contributed by atoms with E-state index in [2.05, 4.69) is 9.55 Å². The third kappa shape index (κ3) is 4.00. The minimum Gasteiger partial charge on any atom is -0.328 e. The summed E-state index contributed by atoms with van der Waals surface area (Å²) in [7, 11) is 0. The lowest BCUT2D eigenvalue weighted by atomic mass is 9.91. The Bertz CT molecular complexity index is 652. The number of aromatic nitrogens is 2. The molecule has 0 unspecified atom stereocenters. The van der Waals surface area contributed by atoms with Crippen LogP contribution in [0.15, 0.2) is 24.5 Å². The van der Waals surface area contributed by atoms with Crippen molar-refractivity contribution < 1.29 is 4.39 Å². The summed E-state index contributed by atoms with van der Waals surface area (Å²) in [5.41, 5.74) is 6.94. The minimum absolute atomic E-state index is 0. The predicted molar refractivity (Wildman–Crippen MR) is 97.3 cm³/mol. The van der Waals surface area contributed by atoms with Crippen molar-refractivity contribution in [2.24, 2.45) is 5.73 Å². The quantitative estimate of drug-likeness (QED) is 0.802. The Balaban J connectivity index is 0.00000132. The lowest BCUT2D eigenvalue weighted by molar-refractivity contribution is 0.325. The Hall–Kier alpha value is -0.810. The number of nitrogens with two attached hydrogens (primary N) is 1. The molecule has 1 aliphatic rings. The molecule has 3 rings (SSSR count). The summed E-state index contributed by atoms with van der Waals surface area (Å²) in [5.74, 6) is 0.323. The van der Waals surface area contributed by atoms with Crippen LogP contribution in [0.25, 0.3) is 11.4 Å². The Labute approximate surface area is 153 Å². The summed E-state index contributed by atoms with van der Waals surface area (Å²) in [4.78, 5) is 4.35. The van der Waals surface area contributed by atoms with Crippen LogP contribution in [0.3, 0.4) is 0 Å². The fourth-order valence-electron chi connectivity index (χ4n) is 3.04. The van der Waals surface area contributed by atoms with Crippen molar-refractivity contribution in [2.75, 3.05) is 0 Å². The maximum atomic E-state index is 14.5. The first-order valence-electron chi connectivity index (χ1n) is 7.31. The smallest absolute Gasteiger partial charge is 0.144 e. The van der Waals surface area contributed by atoms with E-state index in [-0.39, 0.29) is 36.7 Å². The summed E-state index contributed by atoms with van der Waals surface area (Å²) in [6.45, 7) is 1.74. The second-order valence-corrected chi connectivity index (χ2v) is 6.19. The Morgan fingerprint density at radius 3 is 2.52 bits per heavy atom. The molecule has 0 saturated heterocycles. The Kier molecular flexibility index (Phi) is 7.33. The number of hydrogen-bond acceptors (Lipinski definition) is 2. The van der Waals surface area contributed by atoms with Crippen LogP contribution in [-0.2, 0) is 0 Å². The second kappa shape index (κ2) is 8.34. The highest BCUT2D eigenvalue weighted by molar-refractivity contribution is 6.33. The molecule has 1 aromatic heterocycles. The van der Waals surface area contributed by atoms with Gasteiger partial charge in [-0.15, -0.1) is 24.8 Å². The molecule has 0 amide bonds. The number of rotatable bonds is 2. The molecule has 0 atom stereocenters. The average Bonchev–Trinajstić information content (AvgIpc) is 2.93. The van der Waals surface area contributed by atoms with Gasteiger partial charge in [0.05, 0.1) is 10.6 Å². The van der Waals surface area contributed by atoms with Crippen LogP contribution in [0.5, 0.6) is 0 Å².